The SMILES string of the molecule is COCC(CN)(C1CC1)N1CCC(C)CC1. The van der Waals surface area contributed by atoms with Gasteiger partial charge in [0.25, 0.3) is 0 Å². The van der Waals surface area contributed by atoms with E-state index in [0.29, 0.717) is 0 Å². The topological polar surface area (TPSA) is 38.5 Å². The highest BCUT2D eigenvalue weighted by atomic mass is 16.5. The molecule has 2 aliphatic rings. The molecule has 0 bridgehead atoms. The van der Waals surface area contributed by atoms with Crippen molar-refractivity contribution in [3.8, 4) is 0 Å². The third kappa shape index (κ3) is 2.27. The standard InChI is InChI=1S/C13H26N2O/c1-11-5-7-15(8-6-11)13(9-14,10-16-2)12-3-4-12/h11-12H,3-10,14H2,1-2H3. The van der Waals surface area contributed by atoms with Gasteiger partial charge in [-0.2, -0.15) is 0 Å². The van der Waals surface area contributed by atoms with Crippen LogP contribution in [0.3, 0.4) is 0 Å². The van der Waals surface area contributed by atoms with Crippen molar-refractivity contribution in [1.29, 1.82) is 0 Å². The lowest BCUT2D eigenvalue weighted by molar-refractivity contribution is -0.0178. The van der Waals surface area contributed by atoms with E-state index >= 15 is 0 Å². The normalized spacial score (nSPS) is 27.9. The predicted molar refractivity (Wildman–Crippen MR) is 66.4 cm³/mol. The Hall–Kier alpha value is -0.120. The Labute approximate surface area is 99.3 Å². The molecule has 1 aliphatic heterocycles. The van der Waals surface area contributed by atoms with Crippen LogP contribution in [0, 0.1) is 11.8 Å². The van der Waals surface area contributed by atoms with E-state index in [1.54, 1.807) is 7.11 Å². The molecule has 0 aromatic rings. The highest BCUT2D eigenvalue weighted by Gasteiger charge is 2.48. The van der Waals surface area contributed by atoms with Gasteiger partial charge >= 0.3 is 0 Å². The second-order valence-corrected chi connectivity index (χ2v) is 5.68. The summed E-state index contributed by atoms with van der Waals surface area (Å²) in [5.41, 5.74) is 6.23. The van der Waals surface area contributed by atoms with E-state index in [0.717, 1.165) is 25.0 Å². The van der Waals surface area contributed by atoms with Gasteiger partial charge in [-0.1, -0.05) is 6.92 Å². The summed E-state index contributed by atoms with van der Waals surface area (Å²) in [6, 6.07) is 0. The molecule has 3 heteroatoms. The molecule has 16 heavy (non-hydrogen) atoms. The summed E-state index contributed by atoms with van der Waals surface area (Å²) in [4.78, 5) is 2.62. The Balaban J connectivity index is 2.05. The first-order chi connectivity index (χ1) is 7.73. The van der Waals surface area contributed by atoms with Crippen molar-refractivity contribution in [2.75, 3.05) is 33.4 Å². The van der Waals surface area contributed by atoms with E-state index < -0.39 is 0 Å². The minimum Gasteiger partial charge on any atom is -0.383 e. The van der Waals surface area contributed by atoms with Crippen LogP contribution in [-0.4, -0.2) is 43.8 Å². The zero-order valence-electron chi connectivity index (χ0n) is 10.7. The summed E-state index contributed by atoms with van der Waals surface area (Å²) < 4.78 is 5.46. The molecule has 1 unspecified atom stereocenters. The molecule has 1 aliphatic carbocycles. The second-order valence-electron chi connectivity index (χ2n) is 5.68. The Kier molecular flexibility index (Phi) is 3.88. The van der Waals surface area contributed by atoms with Crippen LogP contribution in [0.15, 0.2) is 0 Å². The van der Waals surface area contributed by atoms with Crippen LogP contribution >= 0.6 is 0 Å². The van der Waals surface area contributed by atoms with Gasteiger partial charge in [-0.05, 0) is 50.6 Å². The van der Waals surface area contributed by atoms with E-state index in [4.69, 9.17) is 10.5 Å². The third-order valence-corrected chi connectivity index (χ3v) is 4.50. The summed E-state index contributed by atoms with van der Waals surface area (Å²) in [5, 5.41) is 0. The van der Waals surface area contributed by atoms with Gasteiger partial charge in [-0.25, -0.2) is 0 Å². The van der Waals surface area contributed by atoms with Gasteiger partial charge in [-0.3, -0.25) is 4.90 Å². The summed E-state index contributed by atoms with van der Waals surface area (Å²) in [6.45, 7) is 6.33. The van der Waals surface area contributed by atoms with Crippen LogP contribution < -0.4 is 5.73 Å². The van der Waals surface area contributed by atoms with E-state index in [9.17, 15) is 0 Å². The first-order valence-electron chi connectivity index (χ1n) is 6.67. The van der Waals surface area contributed by atoms with Crippen LogP contribution in [0.25, 0.3) is 0 Å². The van der Waals surface area contributed by atoms with E-state index in [-0.39, 0.29) is 5.54 Å². The highest BCUT2D eigenvalue weighted by molar-refractivity contribution is 5.04. The maximum Gasteiger partial charge on any atom is 0.0661 e. The third-order valence-electron chi connectivity index (χ3n) is 4.50. The fraction of sp³-hybridized carbons (Fsp3) is 1.00. The van der Waals surface area contributed by atoms with Crippen LogP contribution in [0.4, 0.5) is 0 Å². The van der Waals surface area contributed by atoms with Gasteiger partial charge in [0.1, 0.15) is 0 Å². The Morgan fingerprint density at radius 3 is 2.31 bits per heavy atom. The number of methoxy groups -OCH3 is 1. The summed E-state index contributed by atoms with van der Waals surface area (Å²) in [6.07, 6.45) is 5.32. The molecule has 0 aromatic heterocycles. The van der Waals surface area contributed by atoms with Gasteiger partial charge in [-0.15, -0.1) is 0 Å². The molecule has 0 radical (unpaired) electrons. The maximum atomic E-state index is 6.08. The molecule has 1 saturated heterocycles. The molecule has 0 aromatic carbocycles. The van der Waals surface area contributed by atoms with Crippen molar-refractivity contribution < 1.29 is 4.74 Å². The van der Waals surface area contributed by atoms with Gasteiger partial charge in [0.15, 0.2) is 0 Å². The van der Waals surface area contributed by atoms with Crippen molar-refractivity contribution in [2.45, 2.75) is 38.1 Å². The smallest absolute Gasteiger partial charge is 0.0661 e. The Bertz CT molecular complexity index is 222. The maximum absolute atomic E-state index is 6.08. The number of hydrogen-bond donors (Lipinski definition) is 1. The van der Waals surface area contributed by atoms with Crippen LogP contribution in [0.1, 0.15) is 32.6 Å². The van der Waals surface area contributed by atoms with Crippen molar-refractivity contribution in [3.63, 3.8) is 0 Å². The Morgan fingerprint density at radius 2 is 1.88 bits per heavy atom. The lowest BCUT2D eigenvalue weighted by Gasteiger charge is -2.46. The largest absolute Gasteiger partial charge is 0.383 e. The number of likely N-dealkylation sites (tertiary alicyclic amines) is 1. The minimum absolute atomic E-state index is 0.148. The molecular weight excluding hydrogens is 200 g/mol. The molecule has 94 valence electrons. The predicted octanol–water partition coefficient (Wildman–Crippen LogP) is 1.47. The summed E-state index contributed by atoms with van der Waals surface area (Å²) in [5.74, 6) is 1.67. The van der Waals surface area contributed by atoms with Crippen molar-refractivity contribution >= 4 is 0 Å². The zero-order valence-corrected chi connectivity index (χ0v) is 10.7. The first-order valence-corrected chi connectivity index (χ1v) is 6.67. The first kappa shape index (κ1) is 12.3. The van der Waals surface area contributed by atoms with Crippen molar-refractivity contribution in [3.05, 3.63) is 0 Å². The number of ether oxygens (including phenoxy) is 1. The van der Waals surface area contributed by atoms with Crippen LogP contribution in [0.2, 0.25) is 0 Å². The van der Waals surface area contributed by atoms with E-state index in [1.165, 1.54) is 38.8 Å². The molecule has 3 nitrogen and oxygen atoms in total. The molecule has 1 heterocycles. The second kappa shape index (κ2) is 5.03. The van der Waals surface area contributed by atoms with E-state index in [2.05, 4.69) is 11.8 Å². The average molecular weight is 226 g/mol. The highest BCUT2D eigenvalue weighted by Crippen LogP contribution is 2.44. The molecule has 1 saturated carbocycles. The number of nitrogens with zero attached hydrogens (tertiary/aromatic N) is 1. The molecule has 2 rings (SSSR count). The van der Waals surface area contributed by atoms with Gasteiger partial charge in [0.05, 0.1) is 12.1 Å². The molecular formula is C13H26N2O. The molecule has 0 amide bonds. The number of rotatable bonds is 5. The molecule has 2 fully saturated rings. The van der Waals surface area contributed by atoms with Crippen molar-refractivity contribution in [1.82, 2.24) is 4.90 Å². The molecule has 2 N–H and O–H groups in total. The fourth-order valence-corrected chi connectivity index (χ4v) is 3.15. The summed E-state index contributed by atoms with van der Waals surface area (Å²) >= 11 is 0. The van der Waals surface area contributed by atoms with E-state index in [1.807, 2.05) is 0 Å². The Morgan fingerprint density at radius 1 is 1.25 bits per heavy atom. The van der Waals surface area contributed by atoms with Gasteiger partial charge < -0.3 is 10.5 Å². The zero-order chi connectivity index (χ0) is 11.6. The monoisotopic (exact) mass is 226 g/mol. The van der Waals surface area contributed by atoms with Gasteiger partial charge in [0, 0.05) is 13.7 Å². The summed E-state index contributed by atoms with van der Waals surface area (Å²) in [7, 11) is 1.80. The fourth-order valence-electron chi connectivity index (χ4n) is 3.15. The van der Waals surface area contributed by atoms with Crippen molar-refractivity contribution in [2.24, 2.45) is 17.6 Å². The lowest BCUT2D eigenvalue weighted by Crippen LogP contribution is -2.60. The minimum atomic E-state index is 0.148. The molecule has 0 spiro atoms. The van der Waals surface area contributed by atoms with Crippen LogP contribution in [0.5, 0.6) is 0 Å². The number of hydrogen-bond acceptors (Lipinski definition) is 3. The molecule has 1 atom stereocenters. The number of piperidine rings is 1. The van der Waals surface area contributed by atoms with Gasteiger partial charge in [0.2, 0.25) is 0 Å². The lowest BCUT2D eigenvalue weighted by atomic mass is 9.87. The number of nitrogens with two attached hydrogens (primary N) is 1. The van der Waals surface area contributed by atoms with Crippen LogP contribution in [-0.2, 0) is 4.74 Å². The average Bonchev–Trinajstić information content (AvgIpc) is 3.11. The quantitative estimate of drug-likeness (QED) is 0.771.